The minimum Gasteiger partial charge on any atom is -0.497 e. The largest absolute Gasteiger partial charge is 0.497 e. The van der Waals surface area contributed by atoms with E-state index < -0.39 is 12.2 Å². The number of alkyl carbamates (subject to hydrolysis) is 1. The molecule has 0 radical (unpaired) electrons. The molecule has 1 heterocycles. The summed E-state index contributed by atoms with van der Waals surface area (Å²) < 4.78 is 10.8. The van der Waals surface area contributed by atoms with Crippen molar-refractivity contribution in [2.45, 2.75) is 12.1 Å². The van der Waals surface area contributed by atoms with Crippen LogP contribution in [0.25, 0.3) is 0 Å². The maximum atomic E-state index is 12.0. The van der Waals surface area contributed by atoms with Crippen LogP contribution in [0.1, 0.15) is 34.4 Å². The number of carbonyl (C=O) groups is 1. The standard InChI is InChI=1S/C24H18ClNO3/c1-28-21-7-3-6-19(15-21)23-22(26-24(27)29-23)18-5-2-4-17(14-18)9-8-16-10-12-20(25)13-11-16/h2-7,10-15,22-23H,1H3,(H,26,27)/t22-,23-/m1/s1. The Bertz CT molecular complexity index is 1100. The summed E-state index contributed by atoms with van der Waals surface area (Å²) in [4.78, 5) is 12.0. The molecule has 4 nitrogen and oxygen atoms in total. The maximum Gasteiger partial charge on any atom is 0.408 e. The SMILES string of the molecule is COc1cccc([C@H]2OC(=O)N[C@@H]2c2cccc(C#Cc3ccc(Cl)cc3)c2)c1. The predicted octanol–water partition coefficient (Wildman–Crippen LogP) is 5.27. The van der Waals surface area contributed by atoms with Crippen molar-refractivity contribution in [3.63, 3.8) is 0 Å². The van der Waals surface area contributed by atoms with E-state index in [1.165, 1.54) is 0 Å². The molecule has 0 aliphatic carbocycles. The van der Waals surface area contributed by atoms with Gasteiger partial charge in [-0.15, -0.1) is 0 Å². The quantitative estimate of drug-likeness (QED) is 0.606. The summed E-state index contributed by atoms with van der Waals surface area (Å²) in [7, 11) is 1.61. The minimum atomic E-state index is -0.447. The van der Waals surface area contributed by atoms with E-state index >= 15 is 0 Å². The second-order valence-electron chi connectivity index (χ2n) is 6.61. The zero-order chi connectivity index (χ0) is 20.2. The van der Waals surface area contributed by atoms with Gasteiger partial charge in [-0.2, -0.15) is 0 Å². The van der Waals surface area contributed by atoms with Gasteiger partial charge < -0.3 is 14.8 Å². The summed E-state index contributed by atoms with van der Waals surface area (Å²) in [6.07, 6.45) is -0.891. The first-order valence-corrected chi connectivity index (χ1v) is 9.49. The molecule has 3 aromatic carbocycles. The van der Waals surface area contributed by atoms with Crippen LogP contribution < -0.4 is 10.1 Å². The number of nitrogens with one attached hydrogen (secondary N) is 1. The summed E-state index contributed by atoms with van der Waals surface area (Å²) in [6.45, 7) is 0. The lowest BCUT2D eigenvalue weighted by Gasteiger charge is -2.18. The molecule has 1 saturated heterocycles. The van der Waals surface area contributed by atoms with Crippen molar-refractivity contribution in [2.75, 3.05) is 7.11 Å². The Morgan fingerprint density at radius 2 is 1.66 bits per heavy atom. The molecule has 0 spiro atoms. The minimum absolute atomic E-state index is 0.313. The number of methoxy groups -OCH3 is 1. The number of ether oxygens (including phenoxy) is 2. The zero-order valence-electron chi connectivity index (χ0n) is 15.7. The predicted molar refractivity (Wildman–Crippen MR) is 112 cm³/mol. The highest BCUT2D eigenvalue weighted by atomic mass is 35.5. The van der Waals surface area contributed by atoms with Crippen LogP contribution in [0.2, 0.25) is 5.02 Å². The van der Waals surface area contributed by atoms with Gasteiger partial charge >= 0.3 is 6.09 Å². The van der Waals surface area contributed by atoms with Crippen LogP contribution >= 0.6 is 11.6 Å². The van der Waals surface area contributed by atoms with E-state index in [4.69, 9.17) is 21.1 Å². The lowest BCUT2D eigenvalue weighted by molar-refractivity contribution is 0.132. The maximum absolute atomic E-state index is 12.0. The third-order valence-electron chi connectivity index (χ3n) is 4.67. The first-order valence-electron chi connectivity index (χ1n) is 9.11. The first-order chi connectivity index (χ1) is 14.1. The molecule has 0 aromatic heterocycles. The molecule has 0 unspecified atom stereocenters. The highest BCUT2D eigenvalue weighted by Gasteiger charge is 2.36. The molecule has 29 heavy (non-hydrogen) atoms. The van der Waals surface area contributed by atoms with Crippen molar-refractivity contribution in [1.82, 2.24) is 5.32 Å². The van der Waals surface area contributed by atoms with Crippen molar-refractivity contribution in [3.8, 4) is 17.6 Å². The van der Waals surface area contributed by atoms with Crippen LogP contribution in [0.3, 0.4) is 0 Å². The van der Waals surface area contributed by atoms with Gasteiger partial charge in [-0.1, -0.05) is 47.7 Å². The van der Waals surface area contributed by atoms with Gasteiger partial charge in [0.05, 0.1) is 13.2 Å². The molecule has 1 fully saturated rings. The highest BCUT2D eigenvalue weighted by molar-refractivity contribution is 6.30. The number of halogens is 1. The molecule has 144 valence electrons. The number of benzene rings is 3. The van der Waals surface area contributed by atoms with Gasteiger partial charge in [0, 0.05) is 16.1 Å². The topological polar surface area (TPSA) is 47.6 Å². The van der Waals surface area contributed by atoms with E-state index in [-0.39, 0.29) is 6.04 Å². The molecule has 5 heteroatoms. The monoisotopic (exact) mass is 403 g/mol. The van der Waals surface area contributed by atoms with E-state index in [1.54, 1.807) is 7.11 Å². The first kappa shape index (κ1) is 18.9. The van der Waals surface area contributed by atoms with Crippen molar-refractivity contribution in [2.24, 2.45) is 0 Å². The summed E-state index contributed by atoms with van der Waals surface area (Å²) in [6, 6.07) is 22.4. The molecule has 4 rings (SSSR count). The molecule has 1 aliphatic rings. The number of rotatable bonds is 3. The summed E-state index contributed by atoms with van der Waals surface area (Å²) in [5.41, 5.74) is 3.52. The van der Waals surface area contributed by atoms with E-state index in [0.717, 1.165) is 22.3 Å². The smallest absolute Gasteiger partial charge is 0.408 e. The third-order valence-corrected chi connectivity index (χ3v) is 4.93. The van der Waals surface area contributed by atoms with Crippen LogP contribution in [0, 0.1) is 11.8 Å². The number of hydrogen-bond acceptors (Lipinski definition) is 3. The van der Waals surface area contributed by atoms with Crippen LogP contribution in [0.15, 0.2) is 72.8 Å². The van der Waals surface area contributed by atoms with Crippen molar-refractivity contribution >= 4 is 17.7 Å². The number of carbonyl (C=O) groups excluding carboxylic acids is 1. The van der Waals surface area contributed by atoms with E-state index in [9.17, 15) is 4.79 Å². The lowest BCUT2D eigenvalue weighted by Crippen LogP contribution is -2.19. The summed E-state index contributed by atoms with van der Waals surface area (Å²) in [5, 5.41) is 3.58. The molecule has 0 saturated carbocycles. The van der Waals surface area contributed by atoms with Crippen LogP contribution in [0.5, 0.6) is 5.75 Å². The molecule has 3 aromatic rings. The Morgan fingerprint density at radius 3 is 2.45 bits per heavy atom. The van der Waals surface area contributed by atoms with Gasteiger partial charge in [0.25, 0.3) is 0 Å². The fourth-order valence-electron chi connectivity index (χ4n) is 3.24. The van der Waals surface area contributed by atoms with Gasteiger partial charge in [0.15, 0.2) is 6.10 Å². The summed E-state index contributed by atoms with van der Waals surface area (Å²) in [5.74, 6) is 7.01. The fourth-order valence-corrected chi connectivity index (χ4v) is 3.37. The second kappa shape index (κ2) is 8.30. The van der Waals surface area contributed by atoms with Gasteiger partial charge in [-0.25, -0.2) is 4.79 Å². The van der Waals surface area contributed by atoms with Crippen molar-refractivity contribution in [1.29, 1.82) is 0 Å². The van der Waals surface area contributed by atoms with Crippen molar-refractivity contribution in [3.05, 3.63) is 100 Å². The van der Waals surface area contributed by atoms with Gasteiger partial charge in [-0.05, 0) is 59.7 Å². The zero-order valence-corrected chi connectivity index (χ0v) is 16.4. The molecule has 2 atom stereocenters. The fraction of sp³-hybridized carbons (Fsp3) is 0.125. The Morgan fingerprint density at radius 1 is 0.931 bits per heavy atom. The number of amides is 1. The third kappa shape index (κ3) is 4.37. The Hall–Kier alpha value is -3.42. The Labute approximate surface area is 174 Å². The van der Waals surface area contributed by atoms with Gasteiger partial charge in [-0.3, -0.25) is 0 Å². The summed E-state index contributed by atoms with van der Waals surface area (Å²) >= 11 is 5.91. The Balaban J connectivity index is 1.62. The molecular weight excluding hydrogens is 386 g/mol. The van der Waals surface area contributed by atoms with Crippen LogP contribution in [-0.2, 0) is 4.74 Å². The van der Waals surface area contributed by atoms with Crippen molar-refractivity contribution < 1.29 is 14.3 Å². The van der Waals surface area contributed by atoms with Crippen LogP contribution in [-0.4, -0.2) is 13.2 Å². The van der Waals surface area contributed by atoms with E-state index in [1.807, 2.05) is 72.8 Å². The second-order valence-corrected chi connectivity index (χ2v) is 7.04. The molecule has 1 aliphatic heterocycles. The van der Waals surface area contributed by atoms with Gasteiger partial charge in [0.1, 0.15) is 5.75 Å². The molecule has 1 N–H and O–H groups in total. The molecule has 1 amide bonds. The van der Waals surface area contributed by atoms with E-state index in [0.29, 0.717) is 10.8 Å². The average Bonchev–Trinajstić information content (AvgIpc) is 3.15. The molecular formula is C24H18ClNO3. The lowest BCUT2D eigenvalue weighted by atomic mass is 9.95. The number of cyclic esters (lactones) is 1. The normalized spacial score (nSPS) is 17.7. The average molecular weight is 404 g/mol. The van der Waals surface area contributed by atoms with E-state index in [2.05, 4.69) is 17.2 Å². The van der Waals surface area contributed by atoms with Crippen LogP contribution in [0.4, 0.5) is 4.79 Å². The van der Waals surface area contributed by atoms with Gasteiger partial charge in [0.2, 0.25) is 0 Å². The number of hydrogen-bond donors (Lipinski definition) is 1. The Kier molecular flexibility index (Phi) is 5.41. The molecule has 0 bridgehead atoms. The highest BCUT2D eigenvalue weighted by Crippen LogP contribution is 2.37.